The Morgan fingerprint density at radius 3 is 2.69 bits per heavy atom. The van der Waals surface area contributed by atoms with Gasteiger partial charge in [0.1, 0.15) is 5.75 Å². The molecule has 1 heterocycles. The zero-order valence-corrected chi connectivity index (χ0v) is 19.8. The smallest absolute Gasteiger partial charge is 0.422 e. The minimum atomic E-state index is -4.46. The molecule has 0 spiro atoms. The number of nitrogens with zero attached hydrogens (tertiary/aromatic N) is 1. The highest BCUT2D eigenvalue weighted by Crippen LogP contribution is 2.31. The van der Waals surface area contributed by atoms with Crippen LogP contribution in [0.4, 0.5) is 18.9 Å². The maximum absolute atomic E-state index is 12.7. The standard InChI is InChI=1S/C27H29F3N2O3/c1-18(23-9-5-7-19-6-3-4-8-24(19)23)31-21-12-13-32(16-21)22-10-11-25(35-17-27(28,29)30)20(14-22)15-26(33)34-2/h3-11,14,18,21,31H,12-13,15-17H2,1-2H3/t18-,21+/m1/s1. The maximum Gasteiger partial charge on any atom is 0.422 e. The Balaban J connectivity index is 1.46. The van der Waals surface area contributed by atoms with E-state index in [0.717, 1.165) is 25.2 Å². The van der Waals surface area contributed by atoms with Crippen LogP contribution in [0.1, 0.15) is 30.5 Å². The summed E-state index contributed by atoms with van der Waals surface area (Å²) in [7, 11) is 1.25. The number of carbonyl (C=O) groups is 1. The molecule has 3 aromatic carbocycles. The molecular formula is C27H29F3N2O3. The van der Waals surface area contributed by atoms with Crippen molar-refractivity contribution in [2.45, 2.75) is 38.0 Å². The second-order valence-corrected chi connectivity index (χ2v) is 8.84. The van der Waals surface area contributed by atoms with Crippen molar-refractivity contribution < 1.29 is 27.4 Å². The summed E-state index contributed by atoms with van der Waals surface area (Å²) in [5.41, 5.74) is 2.46. The van der Waals surface area contributed by atoms with Crippen molar-refractivity contribution in [3.63, 3.8) is 0 Å². The second-order valence-electron chi connectivity index (χ2n) is 8.84. The first-order valence-electron chi connectivity index (χ1n) is 11.6. The van der Waals surface area contributed by atoms with Crippen LogP contribution in [0.3, 0.4) is 0 Å². The molecule has 35 heavy (non-hydrogen) atoms. The number of carbonyl (C=O) groups excluding carboxylic acids is 1. The molecule has 1 aliphatic rings. The van der Waals surface area contributed by atoms with Crippen LogP contribution < -0.4 is 15.0 Å². The summed E-state index contributed by atoms with van der Waals surface area (Å²) in [5.74, 6) is -0.501. The largest absolute Gasteiger partial charge is 0.484 e. The van der Waals surface area contributed by atoms with E-state index in [1.54, 1.807) is 12.1 Å². The van der Waals surface area contributed by atoms with Crippen LogP contribution in [0.25, 0.3) is 10.8 Å². The number of alkyl halides is 3. The van der Waals surface area contributed by atoms with Crippen molar-refractivity contribution >= 4 is 22.4 Å². The highest BCUT2D eigenvalue weighted by atomic mass is 19.4. The molecule has 186 valence electrons. The lowest BCUT2D eigenvalue weighted by Crippen LogP contribution is -2.34. The number of halogens is 3. The van der Waals surface area contributed by atoms with Gasteiger partial charge in [-0.2, -0.15) is 13.2 Å². The number of hydrogen-bond acceptors (Lipinski definition) is 5. The molecule has 0 unspecified atom stereocenters. The molecule has 3 aromatic rings. The van der Waals surface area contributed by atoms with Gasteiger partial charge in [0.25, 0.3) is 0 Å². The highest BCUT2D eigenvalue weighted by Gasteiger charge is 2.30. The number of benzene rings is 3. The Labute approximate surface area is 202 Å². The summed E-state index contributed by atoms with van der Waals surface area (Å²) in [6.45, 7) is 2.28. The molecule has 1 N–H and O–H groups in total. The third kappa shape index (κ3) is 6.25. The van der Waals surface area contributed by atoms with Gasteiger partial charge < -0.3 is 19.7 Å². The van der Waals surface area contributed by atoms with Gasteiger partial charge in [-0.15, -0.1) is 0 Å². The van der Waals surface area contributed by atoms with Crippen molar-refractivity contribution in [3.05, 3.63) is 71.8 Å². The fraction of sp³-hybridized carbons (Fsp3) is 0.370. The van der Waals surface area contributed by atoms with Gasteiger partial charge in [0, 0.05) is 36.4 Å². The molecule has 0 saturated carbocycles. The van der Waals surface area contributed by atoms with Crippen molar-refractivity contribution in [2.75, 3.05) is 31.7 Å². The Morgan fingerprint density at radius 1 is 1.14 bits per heavy atom. The van der Waals surface area contributed by atoms with Gasteiger partial charge >= 0.3 is 12.1 Å². The number of ether oxygens (including phenoxy) is 2. The number of fused-ring (bicyclic) bond motifs is 1. The van der Waals surface area contributed by atoms with Gasteiger partial charge in [0.2, 0.25) is 0 Å². The predicted molar refractivity (Wildman–Crippen MR) is 130 cm³/mol. The zero-order valence-electron chi connectivity index (χ0n) is 19.8. The van der Waals surface area contributed by atoms with Gasteiger partial charge in [-0.05, 0) is 47.9 Å². The summed E-state index contributed by atoms with van der Waals surface area (Å²) in [5, 5.41) is 6.16. The maximum atomic E-state index is 12.7. The van der Waals surface area contributed by atoms with Gasteiger partial charge in [-0.3, -0.25) is 4.79 Å². The Hall–Kier alpha value is -3.26. The monoisotopic (exact) mass is 486 g/mol. The van der Waals surface area contributed by atoms with E-state index in [2.05, 4.69) is 47.5 Å². The summed E-state index contributed by atoms with van der Waals surface area (Å²) in [6.07, 6.45) is -3.70. The normalized spacial score (nSPS) is 16.9. The van der Waals surface area contributed by atoms with Crippen molar-refractivity contribution in [1.29, 1.82) is 0 Å². The lowest BCUT2D eigenvalue weighted by Gasteiger charge is -2.23. The molecule has 2 atom stereocenters. The first-order chi connectivity index (χ1) is 16.7. The average molecular weight is 487 g/mol. The molecule has 1 saturated heterocycles. The first kappa shape index (κ1) is 24.9. The summed E-state index contributed by atoms with van der Waals surface area (Å²) >= 11 is 0. The van der Waals surface area contributed by atoms with E-state index in [0.29, 0.717) is 5.56 Å². The molecule has 0 aromatic heterocycles. The van der Waals surface area contributed by atoms with Crippen LogP contribution >= 0.6 is 0 Å². The van der Waals surface area contributed by atoms with E-state index in [4.69, 9.17) is 9.47 Å². The van der Waals surface area contributed by atoms with E-state index in [9.17, 15) is 18.0 Å². The molecule has 1 aliphatic heterocycles. The number of methoxy groups -OCH3 is 1. The average Bonchev–Trinajstić information content (AvgIpc) is 3.30. The third-order valence-electron chi connectivity index (χ3n) is 6.33. The fourth-order valence-electron chi connectivity index (χ4n) is 4.63. The van der Waals surface area contributed by atoms with Crippen molar-refractivity contribution in [3.8, 4) is 5.75 Å². The van der Waals surface area contributed by atoms with E-state index in [1.807, 2.05) is 12.1 Å². The van der Waals surface area contributed by atoms with Gasteiger partial charge in [0.05, 0.1) is 13.5 Å². The highest BCUT2D eigenvalue weighted by molar-refractivity contribution is 5.86. The van der Waals surface area contributed by atoms with Crippen LogP contribution in [0.15, 0.2) is 60.7 Å². The zero-order chi connectivity index (χ0) is 25.0. The minimum absolute atomic E-state index is 0.0370. The molecular weight excluding hydrogens is 457 g/mol. The first-order valence-corrected chi connectivity index (χ1v) is 11.6. The summed E-state index contributed by atoms with van der Waals surface area (Å²) in [6, 6.07) is 20.0. The fourth-order valence-corrected chi connectivity index (χ4v) is 4.63. The van der Waals surface area contributed by atoms with Crippen molar-refractivity contribution in [1.82, 2.24) is 5.32 Å². The number of nitrogens with one attached hydrogen (secondary N) is 1. The van der Waals surface area contributed by atoms with Gasteiger partial charge in [0.15, 0.2) is 6.61 Å². The van der Waals surface area contributed by atoms with Gasteiger partial charge in [-0.1, -0.05) is 42.5 Å². The quantitative estimate of drug-likeness (QED) is 0.431. The molecule has 0 aliphatic carbocycles. The van der Waals surface area contributed by atoms with E-state index in [-0.39, 0.29) is 24.3 Å². The Morgan fingerprint density at radius 2 is 1.91 bits per heavy atom. The molecule has 8 heteroatoms. The van der Waals surface area contributed by atoms with Crippen LogP contribution in [-0.2, 0) is 16.0 Å². The Kier molecular flexibility index (Phi) is 7.50. The topological polar surface area (TPSA) is 50.8 Å². The lowest BCUT2D eigenvalue weighted by atomic mass is 9.99. The van der Waals surface area contributed by atoms with E-state index in [1.165, 1.54) is 29.5 Å². The third-order valence-corrected chi connectivity index (χ3v) is 6.33. The Bertz CT molecular complexity index is 1180. The molecule has 1 fully saturated rings. The summed E-state index contributed by atoms with van der Waals surface area (Å²) < 4.78 is 47.6. The number of esters is 1. The molecule has 5 nitrogen and oxygen atoms in total. The number of anilines is 1. The van der Waals surface area contributed by atoms with Crippen molar-refractivity contribution in [2.24, 2.45) is 0 Å². The molecule has 0 amide bonds. The molecule has 0 bridgehead atoms. The second kappa shape index (κ2) is 10.6. The van der Waals surface area contributed by atoms with Crippen LogP contribution in [0.5, 0.6) is 5.75 Å². The lowest BCUT2D eigenvalue weighted by molar-refractivity contribution is -0.153. The predicted octanol–water partition coefficient (Wildman–Crippen LogP) is 5.43. The number of rotatable bonds is 8. The van der Waals surface area contributed by atoms with E-state index >= 15 is 0 Å². The van der Waals surface area contributed by atoms with Gasteiger partial charge in [-0.25, -0.2) is 0 Å². The van der Waals surface area contributed by atoms with Crippen LogP contribution in [-0.4, -0.2) is 45.0 Å². The molecule has 0 radical (unpaired) electrons. The minimum Gasteiger partial charge on any atom is -0.484 e. The SMILES string of the molecule is COC(=O)Cc1cc(N2CC[C@H](N[C@H](C)c3cccc4ccccc34)C2)ccc1OCC(F)(F)F. The summed E-state index contributed by atoms with van der Waals surface area (Å²) in [4.78, 5) is 14.0. The van der Waals surface area contributed by atoms with E-state index < -0.39 is 18.8 Å². The molecule has 4 rings (SSSR count). The van der Waals surface area contributed by atoms with Crippen LogP contribution in [0, 0.1) is 0 Å². The number of hydrogen-bond donors (Lipinski definition) is 1. The van der Waals surface area contributed by atoms with Crippen LogP contribution in [0.2, 0.25) is 0 Å².